The van der Waals surface area contributed by atoms with Gasteiger partial charge in [0, 0.05) is 9.86 Å². The molecule has 0 spiro atoms. The van der Waals surface area contributed by atoms with Gasteiger partial charge in [0.05, 0.1) is 37.2 Å². The Morgan fingerprint density at radius 1 is 0.902 bits per heavy atom. The number of nitrogens with zero attached hydrogens (tertiary/aromatic N) is 3. The molecule has 41 heavy (non-hydrogen) atoms. The molecule has 0 amide bonds. The van der Waals surface area contributed by atoms with Crippen LogP contribution in [0.5, 0.6) is 5.75 Å². The summed E-state index contributed by atoms with van der Waals surface area (Å²) in [6, 6.07) is 23.0. The SMILES string of the molecule is O=c1c2ccccc2nc(-c2cc3cc(Br)ccc3o2)n1N=Cc1cc(Cl)c(OCc2ccc(Cl)c(Cl)c2)c(Cl)c1. The molecule has 11 heteroatoms. The molecule has 6 aromatic rings. The lowest BCUT2D eigenvalue weighted by atomic mass is 10.2. The summed E-state index contributed by atoms with van der Waals surface area (Å²) in [5, 5.41) is 7.15. The fourth-order valence-corrected chi connectivity index (χ4v) is 5.53. The van der Waals surface area contributed by atoms with E-state index in [0.717, 1.165) is 15.4 Å². The van der Waals surface area contributed by atoms with Crippen LogP contribution in [0.25, 0.3) is 33.5 Å². The minimum atomic E-state index is -0.359. The minimum absolute atomic E-state index is 0.180. The van der Waals surface area contributed by atoms with Gasteiger partial charge < -0.3 is 9.15 Å². The molecule has 2 aromatic heterocycles. The number of aromatic nitrogens is 2. The third-order valence-corrected chi connectivity index (χ3v) is 7.96. The van der Waals surface area contributed by atoms with Crippen molar-refractivity contribution in [3.63, 3.8) is 0 Å². The van der Waals surface area contributed by atoms with E-state index in [1.165, 1.54) is 10.9 Å². The zero-order chi connectivity index (χ0) is 28.7. The van der Waals surface area contributed by atoms with E-state index in [2.05, 4.69) is 21.0 Å². The highest BCUT2D eigenvalue weighted by atomic mass is 79.9. The topological polar surface area (TPSA) is 69.6 Å². The van der Waals surface area contributed by atoms with Crippen LogP contribution in [0.1, 0.15) is 11.1 Å². The number of ether oxygens (including phenoxy) is 1. The molecule has 0 fully saturated rings. The van der Waals surface area contributed by atoms with Gasteiger partial charge in [0.2, 0.25) is 5.82 Å². The molecule has 0 N–H and O–H groups in total. The van der Waals surface area contributed by atoms with Gasteiger partial charge in [0.25, 0.3) is 5.56 Å². The molecule has 0 aliphatic carbocycles. The first kappa shape index (κ1) is 27.8. The number of furan rings is 1. The Morgan fingerprint density at radius 3 is 2.46 bits per heavy atom. The van der Waals surface area contributed by atoms with Crippen LogP contribution < -0.4 is 10.3 Å². The monoisotopic (exact) mass is 685 g/mol. The first-order valence-electron chi connectivity index (χ1n) is 12.1. The standard InChI is InChI=1S/C30H16BrCl4N3O3/c31-19-6-8-26-18(12-19)13-27(41-26)29-37-25-4-2-1-3-20(25)30(39)38(29)36-14-17-10-23(34)28(24(35)11-17)40-15-16-5-7-21(32)22(33)9-16/h1-14H,15H2. The first-order chi connectivity index (χ1) is 19.8. The second-order valence-electron chi connectivity index (χ2n) is 8.96. The minimum Gasteiger partial charge on any atom is -0.486 e. The van der Waals surface area contributed by atoms with Crippen molar-refractivity contribution in [3.05, 3.63) is 125 Å². The number of hydrogen-bond donors (Lipinski definition) is 0. The Hall–Kier alpha value is -3.33. The second kappa shape index (κ2) is 11.5. The van der Waals surface area contributed by atoms with Crippen LogP contribution in [0.2, 0.25) is 20.1 Å². The van der Waals surface area contributed by atoms with Crippen molar-refractivity contribution < 1.29 is 9.15 Å². The van der Waals surface area contributed by atoms with E-state index in [1.807, 2.05) is 30.3 Å². The van der Waals surface area contributed by atoms with E-state index in [0.29, 0.717) is 43.6 Å². The zero-order valence-electron chi connectivity index (χ0n) is 20.7. The lowest BCUT2D eigenvalue weighted by molar-refractivity contribution is 0.306. The highest BCUT2D eigenvalue weighted by Gasteiger charge is 2.17. The fraction of sp³-hybridized carbons (Fsp3) is 0.0333. The molecule has 0 radical (unpaired) electrons. The van der Waals surface area contributed by atoms with Gasteiger partial charge in [-0.25, -0.2) is 4.98 Å². The molecule has 0 aliphatic rings. The molecular formula is C30H16BrCl4N3O3. The summed E-state index contributed by atoms with van der Waals surface area (Å²) >= 11 is 28.6. The van der Waals surface area contributed by atoms with Crippen molar-refractivity contribution in [1.82, 2.24) is 9.66 Å². The summed E-state index contributed by atoms with van der Waals surface area (Å²) in [6.07, 6.45) is 1.47. The molecule has 2 heterocycles. The number of hydrogen-bond acceptors (Lipinski definition) is 5. The van der Waals surface area contributed by atoms with Crippen molar-refractivity contribution in [3.8, 4) is 17.3 Å². The van der Waals surface area contributed by atoms with Gasteiger partial charge >= 0.3 is 0 Å². The van der Waals surface area contributed by atoms with Crippen molar-refractivity contribution in [1.29, 1.82) is 0 Å². The van der Waals surface area contributed by atoms with E-state index < -0.39 is 0 Å². The number of benzene rings is 4. The number of halogens is 5. The van der Waals surface area contributed by atoms with Gasteiger partial charge in [0.1, 0.15) is 12.2 Å². The lowest BCUT2D eigenvalue weighted by Gasteiger charge is -2.11. The molecule has 4 aromatic carbocycles. The smallest absolute Gasteiger partial charge is 0.282 e. The number of para-hydroxylation sites is 1. The Kier molecular flexibility index (Phi) is 7.81. The zero-order valence-corrected chi connectivity index (χ0v) is 25.4. The quantitative estimate of drug-likeness (QED) is 0.164. The summed E-state index contributed by atoms with van der Waals surface area (Å²) in [4.78, 5) is 18.2. The van der Waals surface area contributed by atoms with Gasteiger partial charge in [0.15, 0.2) is 11.5 Å². The second-order valence-corrected chi connectivity index (χ2v) is 11.5. The summed E-state index contributed by atoms with van der Waals surface area (Å²) in [6.45, 7) is 0.180. The van der Waals surface area contributed by atoms with E-state index >= 15 is 0 Å². The summed E-state index contributed by atoms with van der Waals surface area (Å²) in [7, 11) is 0. The lowest BCUT2D eigenvalue weighted by Crippen LogP contribution is -2.20. The van der Waals surface area contributed by atoms with Crippen LogP contribution in [0, 0.1) is 0 Å². The molecule has 0 atom stereocenters. The van der Waals surface area contributed by atoms with Gasteiger partial charge in [-0.3, -0.25) is 4.79 Å². The molecule has 6 nitrogen and oxygen atoms in total. The van der Waals surface area contributed by atoms with Gasteiger partial charge in [-0.1, -0.05) is 80.5 Å². The Bertz CT molecular complexity index is 2030. The van der Waals surface area contributed by atoms with Gasteiger partial charge in [-0.05, 0) is 71.8 Å². The van der Waals surface area contributed by atoms with Crippen LogP contribution in [0.4, 0.5) is 0 Å². The predicted molar refractivity (Wildman–Crippen MR) is 169 cm³/mol. The molecule has 204 valence electrons. The predicted octanol–water partition coefficient (Wildman–Crippen LogP) is 9.65. The molecule has 0 bridgehead atoms. The molecule has 6 rings (SSSR count). The summed E-state index contributed by atoms with van der Waals surface area (Å²) < 4.78 is 14.0. The van der Waals surface area contributed by atoms with Crippen molar-refractivity contribution in [2.75, 3.05) is 0 Å². The van der Waals surface area contributed by atoms with Crippen LogP contribution in [-0.2, 0) is 6.61 Å². The van der Waals surface area contributed by atoms with E-state index in [4.69, 9.17) is 60.5 Å². The number of fused-ring (bicyclic) bond motifs is 2. The van der Waals surface area contributed by atoms with E-state index in [9.17, 15) is 4.79 Å². The van der Waals surface area contributed by atoms with Crippen molar-refractivity contribution in [2.24, 2.45) is 5.10 Å². The van der Waals surface area contributed by atoms with E-state index in [1.54, 1.807) is 48.5 Å². The maximum Gasteiger partial charge on any atom is 0.282 e. The molecule has 0 saturated carbocycles. The van der Waals surface area contributed by atoms with Gasteiger partial charge in [-0.15, -0.1) is 0 Å². The van der Waals surface area contributed by atoms with Crippen molar-refractivity contribution in [2.45, 2.75) is 6.61 Å². The third-order valence-electron chi connectivity index (χ3n) is 6.16. The highest BCUT2D eigenvalue weighted by Crippen LogP contribution is 2.35. The summed E-state index contributed by atoms with van der Waals surface area (Å²) in [5.41, 5.74) is 2.15. The Balaban J connectivity index is 1.36. The molecule has 0 saturated heterocycles. The summed E-state index contributed by atoms with van der Waals surface area (Å²) in [5.74, 6) is 0.937. The van der Waals surface area contributed by atoms with Crippen LogP contribution in [-0.4, -0.2) is 15.9 Å². The average molecular weight is 688 g/mol. The van der Waals surface area contributed by atoms with Crippen LogP contribution in [0.15, 0.2) is 97.6 Å². The number of rotatable bonds is 6. The van der Waals surface area contributed by atoms with Crippen LogP contribution in [0.3, 0.4) is 0 Å². The first-order valence-corrected chi connectivity index (χ1v) is 14.4. The van der Waals surface area contributed by atoms with E-state index in [-0.39, 0.29) is 28.0 Å². The maximum absolute atomic E-state index is 13.5. The molecule has 0 aliphatic heterocycles. The van der Waals surface area contributed by atoms with Gasteiger partial charge in [-0.2, -0.15) is 9.78 Å². The molecule has 0 unspecified atom stereocenters. The normalized spacial score (nSPS) is 11.6. The Morgan fingerprint density at radius 2 is 1.68 bits per heavy atom. The van der Waals surface area contributed by atoms with Crippen LogP contribution >= 0.6 is 62.3 Å². The maximum atomic E-state index is 13.5. The largest absolute Gasteiger partial charge is 0.486 e. The average Bonchev–Trinajstić information content (AvgIpc) is 3.37. The fourth-order valence-electron chi connectivity index (χ4n) is 4.22. The van der Waals surface area contributed by atoms with Crippen molar-refractivity contribution >= 4 is 90.4 Å². The highest BCUT2D eigenvalue weighted by molar-refractivity contribution is 9.10. The Labute approximate surface area is 261 Å². The third kappa shape index (κ3) is 5.73. The molecular weight excluding hydrogens is 672 g/mol.